The Morgan fingerprint density at radius 2 is 2.16 bits per heavy atom. The zero-order valence-electron chi connectivity index (χ0n) is 10.8. The van der Waals surface area contributed by atoms with Gasteiger partial charge >= 0.3 is 0 Å². The summed E-state index contributed by atoms with van der Waals surface area (Å²) in [7, 11) is 1.58. The second-order valence-electron chi connectivity index (χ2n) is 4.67. The van der Waals surface area contributed by atoms with Crippen molar-refractivity contribution in [3.05, 3.63) is 29.6 Å². The first-order valence-electron chi connectivity index (χ1n) is 5.72. The maximum absolute atomic E-state index is 11.8. The van der Waals surface area contributed by atoms with Gasteiger partial charge in [-0.05, 0) is 18.6 Å². The number of nitrogens with zero attached hydrogens (tertiary/aromatic N) is 3. The van der Waals surface area contributed by atoms with Crippen molar-refractivity contribution >= 4 is 17.8 Å². The fourth-order valence-electron chi connectivity index (χ4n) is 1.93. The highest BCUT2D eigenvalue weighted by atomic mass is 16.2. The summed E-state index contributed by atoms with van der Waals surface area (Å²) in [6.07, 6.45) is 1.69. The van der Waals surface area contributed by atoms with E-state index in [1.807, 2.05) is 0 Å². The number of nitrogens with two attached hydrogens (primary N) is 2. The van der Waals surface area contributed by atoms with Crippen molar-refractivity contribution in [1.29, 1.82) is 0 Å². The van der Waals surface area contributed by atoms with Crippen LogP contribution in [-0.2, 0) is 10.3 Å². The van der Waals surface area contributed by atoms with Gasteiger partial charge in [-0.25, -0.2) is 4.99 Å². The monoisotopic (exact) mass is 261 g/mol. The Hall–Kier alpha value is -2.44. The van der Waals surface area contributed by atoms with Gasteiger partial charge < -0.3 is 11.5 Å². The second-order valence-corrected chi connectivity index (χ2v) is 4.67. The lowest BCUT2D eigenvalue weighted by Gasteiger charge is -2.33. The van der Waals surface area contributed by atoms with Crippen LogP contribution in [0.5, 0.6) is 0 Å². The third-order valence-corrected chi connectivity index (χ3v) is 3.21. The number of aromatic nitrogens is 1. The molecule has 1 aromatic heterocycles. The van der Waals surface area contributed by atoms with Crippen LogP contribution in [0.25, 0.3) is 0 Å². The van der Waals surface area contributed by atoms with Gasteiger partial charge in [0.1, 0.15) is 5.69 Å². The Morgan fingerprint density at radius 3 is 2.63 bits per heavy atom. The molecule has 7 heteroatoms. The lowest BCUT2D eigenvalue weighted by molar-refractivity contribution is -0.128. The molecule has 2 heterocycles. The summed E-state index contributed by atoms with van der Waals surface area (Å²) in [5, 5.41) is 0. The van der Waals surface area contributed by atoms with Crippen molar-refractivity contribution in [2.45, 2.75) is 18.9 Å². The van der Waals surface area contributed by atoms with Crippen molar-refractivity contribution in [3.63, 3.8) is 0 Å². The fraction of sp³-hybridized carbons (Fsp3) is 0.333. The third kappa shape index (κ3) is 2.26. The first-order chi connectivity index (χ1) is 8.83. The largest absolute Gasteiger partial charge is 0.369 e. The van der Waals surface area contributed by atoms with E-state index in [2.05, 4.69) is 9.98 Å². The van der Waals surface area contributed by atoms with Gasteiger partial charge in [-0.3, -0.25) is 19.5 Å². The summed E-state index contributed by atoms with van der Waals surface area (Å²) in [6, 6.07) is 3.19. The smallest absolute Gasteiger partial charge is 0.267 e. The van der Waals surface area contributed by atoms with Gasteiger partial charge in [0.05, 0.1) is 12.0 Å². The number of amides is 2. The van der Waals surface area contributed by atoms with E-state index in [1.54, 1.807) is 20.0 Å². The van der Waals surface area contributed by atoms with Gasteiger partial charge in [0, 0.05) is 13.2 Å². The molecule has 4 N–H and O–H groups in total. The number of guanidine groups is 1. The standard InChI is InChI=1S/C12H15N5O2/c1-12(5-9(18)17(2)11(14)16-12)7-3-4-8(10(13)19)15-6-7/h3-4,6H,5H2,1-2H3,(H2,13,19)(H2,14,16)/t12-/m0/s1. The topological polar surface area (TPSA) is 115 Å². The van der Waals surface area contributed by atoms with Crippen molar-refractivity contribution in [1.82, 2.24) is 9.88 Å². The van der Waals surface area contributed by atoms with E-state index in [-0.39, 0.29) is 24.0 Å². The van der Waals surface area contributed by atoms with Crippen LogP contribution < -0.4 is 11.5 Å². The molecule has 1 aliphatic rings. The summed E-state index contributed by atoms with van der Waals surface area (Å²) >= 11 is 0. The lowest BCUT2D eigenvalue weighted by atomic mass is 9.88. The number of primary amides is 1. The maximum Gasteiger partial charge on any atom is 0.267 e. The summed E-state index contributed by atoms with van der Waals surface area (Å²) in [5.74, 6) is -0.550. The minimum atomic E-state index is -0.767. The van der Waals surface area contributed by atoms with Gasteiger partial charge in [0.15, 0.2) is 5.96 Å². The molecule has 19 heavy (non-hydrogen) atoms. The molecule has 1 aliphatic heterocycles. The molecule has 0 aromatic carbocycles. The van der Waals surface area contributed by atoms with Gasteiger partial charge in [-0.15, -0.1) is 0 Å². The van der Waals surface area contributed by atoms with Gasteiger partial charge in [0.25, 0.3) is 5.91 Å². The minimum Gasteiger partial charge on any atom is -0.369 e. The van der Waals surface area contributed by atoms with Gasteiger partial charge in [0.2, 0.25) is 5.91 Å². The third-order valence-electron chi connectivity index (χ3n) is 3.21. The number of aliphatic imine (C=N–C) groups is 1. The summed E-state index contributed by atoms with van der Waals surface area (Å²) < 4.78 is 0. The zero-order chi connectivity index (χ0) is 14.2. The Labute approximate surface area is 110 Å². The van der Waals surface area contributed by atoms with Crippen LogP contribution in [0.3, 0.4) is 0 Å². The molecule has 100 valence electrons. The number of hydrogen-bond donors (Lipinski definition) is 2. The van der Waals surface area contributed by atoms with Crippen molar-refractivity contribution in [3.8, 4) is 0 Å². The van der Waals surface area contributed by atoms with E-state index in [9.17, 15) is 9.59 Å². The second kappa shape index (κ2) is 4.34. The normalized spacial score (nSPS) is 23.2. The van der Waals surface area contributed by atoms with Gasteiger partial charge in [-0.1, -0.05) is 6.07 Å². The number of rotatable bonds is 2. The first-order valence-corrected chi connectivity index (χ1v) is 5.72. The van der Waals surface area contributed by atoms with E-state index < -0.39 is 11.4 Å². The molecule has 2 amide bonds. The summed E-state index contributed by atoms with van der Waals surface area (Å²) in [4.78, 5) is 32.4. The number of carbonyl (C=O) groups is 2. The fourth-order valence-corrected chi connectivity index (χ4v) is 1.93. The Balaban J connectivity index is 2.40. The average Bonchev–Trinajstić information content (AvgIpc) is 2.36. The predicted octanol–water partition coefficient (Wildman–Crippen LogP) is -0.427. The van der Waals surface area contributed by atoms with Crippen LogP contribution in [-0.4, -0.2) is 34.7 Å². The van der Waals surface area contributed by atoms with E-state index >= 15 is 0 Å². The van der Waals surface area contributed by atoms with E-state index in [0.29, 0.717) is 5.56 Å². The van der Waals surface area contributed by atoms with Crippen LogP contribution in [0.2, 0.25) is 0 Å². The molecular formula is C12H15N5O2. The van der Waals surface area contributed by atoms with Crippen LogP contribution in [0.1, 0.15) is 29.4 Å². The first kappa shape index (κ1) is 13.0. The number of pyridine rings is 1. The summed E-state index contributed by atoms with van der Waals surface area (Å²) in [5.41, 5.74) is 11.0. The highest BCUT2D eigenvalue weighted by Gasteiger charge is 2.36. The maximum atomic E-state index is 11.8. The van der Waals surface area contributed by atoms with Crippen molar-refractivity contribution < 1.29 is 9.59 Å². The molecule has 1 atom stereocenters. The molecule has 0 fully saturated rings. The molecule has 0 bridgehead atoms. The van der Waals surface area contributed by atoms with Crippen molar-refractivity contribution in [2.24, 2.45) is 16.5 Å². The molecule has 2 rings (SSSR count). The average molecular weight is 261 g/mol. The van der Waals surface area contributed by atoms with Crippen molar-refractivity contribution in [2.75, 3.05) is 7.05 Å². The minimum absolute atomic E-state index is 0.117. The zero-order valence-corrected chi connectivity index (χ0v) is 10.8. The molecular weight excluding hydrogens is 246 g/mol. The molecule has 7 nitrogen and oxygen atoms in total. The number of hydrogen-bond acceptors (Lipinski definition) is 5. The lowest BCUT2D eigenvalue weighted by Crippen LogP contribution is -2.47. The molecule has 0 radical (unpaired) electrons. The Morgan fingerprint density at radius 1 is 1.47 bits per heavy atom. The number of carbonyl (C=O) groups excluding carboxylic acids is 2. The molecule has 0 saturated heterocycles. The molecule has 1 aromatic rings. The highest BCUT2D eigenvalue weighted by molar-refractivity contribution is 5.98. The molecule has 0 unspecified atom stereocenters. The Bertz CT molecular complexity index is 566. The van der Waals surface area contributed by atoms with Crippen LogP contribution in [0, 0.1) is 0 Å². The summed E-state index contributed by atoms with van der Waals surface area (Å²) in [6.45, 7) is 1.80. The Kier molecular flexibility index (Phi) is 2.97. The van der Waals surface area contributed by atoms with Crippen LogP contribution in [0.15, 0.2) is 23.3 Å². The quantitative estimate of drug-likeness (QED) is 0.751. The SMILES string of the molecule is CN1C(=O)C[C@@](C)(c2ccc(C(N)=O)nc2)N=C1N. The van der Waals surface area contributed by atoms with E-state index in [1.165, 1.54) is 17.2 Å². The van der Waals surface area contributed by atoms with E-state index in [0.717, 1.165) is 0 Å². The molecule has 0 aliphatic carbocycles. The predicted molar refractivity (Wildman–Crippen MR) is 69.1 cm³/mol. The van der Waals surface area contributed by atoms with Crippen LogP contribution >= 0.6 is 0 Å². The van der Waals surface area contributed by atoms with Crippen LogP contribution in [0.4, 0.5) is 0 Å². The van der Waals surface area contributed by atoms with E-state index in [4.69, 9.17) is 11.5 Å². The highest BCUT2D eigenvalue weighted by Crippen LogP contribution is 2.32. The van der Waals surface area contributed by atoms with Gasteiger partial charge in [-0.2, -0.15) is 0 Å². The molecule has 0 spiro atoms. The molecule has 0 saturated carbocycles.